The number of carbonyl (C=O) groups excluding carboxylic acids is 2. The molecule has 2 amide bonds. The standard InChI is InChI=1S/C23H26FN3O6S/c1-15-3-6-20(32-2)19(11-15)27-14-16(12-22(27)28)23(29)25-17-4-5-18(24)21(13-17)34(30,31)26-7-9-33-10-8-26/h3-6,11,13,16H,7-10,12,14H2,1-2H3,(H,25,29). The Bertz CT molecular complexity index is 1210. The van der Waals surface area contributed by atoms with Gasteiger partial charge in [-0.1, -0.05) is 6.07 Å². The van der Waals surface area contributed by atoms with Gasteiger partial charge in [0.1, 0.15) is 16.5 Å². The number of methoxy groups -OCH3 is 1. The molecule has 2 saturated heterocycles. The Hall–Kier alpha value is -3.02. The Morgan fingerprint density at radius 1 is 1.18 bits per heavy atom. The number of rotatable bonds is 6. The van der Waals surface area contributed by atoms with Crippen LogP contribution in [0.5, 0.6) is 5.75 Å². The average molecular weight is 492 g/mol. The Balaban J connectivity index is 1.51. The number of aryl methyl sites for hydroxylation is 1. The first-order chi connectivity index (χ1) is 16.2. The van der Waals surface area contributed by atoms with Crippen LogP contribution in [0.2, 0.25) is 0 Å². The molecular weight excluding hydrogens is 465 g/mol. The van der Waals surface area contributed by atoms with Crippen molar-refractivity contribution in [3.05, 3.63) is 47.8 Å². The molecule has 2 heterocycles. The van der Waals surface area contributed by atoms with Gasteiger partial charge in [-0.25, -0.2) is 12.8 Å². The largest absolute Gasteiger partial charge is 0.495 e. The summed E-state index contributed by atoms with van der Waals surface area (Å²) in [5.41, 5.74) is 1.66. The predicted octanol–water partition coefficient (Wildman–Crippen LogP) is 2.16. The summed E-state index contributed by atoms with van der Waals surface area (Å²) in [5.74, 6) is -1.72. The molecule has 0 radical (unpaired) electrons. The highest BCUT2D eigenvalue weighted by molar-refractivity contribution is 7.89. The minimum Gasteiger partial charge on any atom is -0.495 e. The van der Waals surface area contributed by atoms with E-state index in [4.69, 9.17) is 9.47 Å². The molecule has 182 valence electrons. The molecular formula is C23H26FN3O6S. The topological polar surface area (TPSA) is 105 Å². The number of ether oxygens (including phenoxy) is 2. The van der Waals surface area contributed by atoms with Crippen LogP contribution < -0.4 is 15.0 Å². The van der Waals surface area contributed by atoms with Crippen molar-refractivity contribution in [2.75, 3.05) is 50.2 Å². The highest BCUT2D eigenvalue weighted by Gasteiger charge is 2.37. The monoisotopic (exact) mass is 491 g/mol. The summed E-state index contributed by atoms with van der Waals surface area (Å²) >= 11 is 0. The van der Waals surface area contributed by atoms with Crippen LogP contribution >= 0.6 is 0 Å². The van der Waals surface area contributed by atoms with E-state index in [2.05, 4.69) is 5.32 Å². The molecule has 0 spiro atoms. The SMILES string of the molecule is COc1ccc(C)cc1N1CC(C(=O)Nc2ccc(F)c(S(=O)(=O)N3CCOCC3)c2)CC1=O. The van der Waals surface area contributed by atoms with Gasteiger partial charge in [-0.15, -0.1) is 0 Å². The van der Waals surface area contributed by atoms with Gasteiger partial charge in [0, 0.05) is 31.7 Å². The fourth-order valence-electron chi connectivity index (χ4n) is 4.08. The summed E-state index contributed by atoms with van der Waals surface area (Å²) in [6.45, 7) is 2.75. The molecule has 1 atom stereocenters. The Morgan fingerprint density at radius 2 is 1.91 bits per heavy atom. The summed E-state index contributed by atoms with van der Waals surface area (Å²) in [4.78, 5) is 26.6. The first-order valence-corrected chi connectivity index (χ1v) is 12.3. The van der Waals surface area contributed by atoms with Crippen molar-refractivity contribution in [2.24, 2.45) is 5.92 Å². The molecule has 0 aromatic heterocycles. The first-order valence-electron chi connectivity index (χ1n) is 10.8. The molecule has 1 unspecified atom stereocenters. The molecule has 11 heteroatoms. The van der Waals surface area contributed by atoms with E-state index >= 15 is 0 Å². The van der Waals surface area contributed by atoms with E-state index in [1.54, 1.807) is 6.07 Å². The number of amides is 2. The third kappa shape index (κ3) is 4.77. The number of nitrogens with one attached hydrogen (secondary N) is 1. The molecule has 2 aliphatic heterocycles. The van der Waals surface area contributed by atoms with Crippen LogP contribution in [0.3, 0.4) is 0 Å². The average Bonchev–Trinajstić information content (AvgIpc) is 3.22. The van der Waals surface area contributed by atoms with Crippen molar-refractivity contribution in [3.8, 4) is 5.75 Å². The van der Waals surface area contributed by atoms with Crippen LogP contribution in [0, 0.1) is 18.7 Å². The van der Waals surface area contributed by atoms with E-state index in [0.717, 1.165) is 22.0 Å². The van der Waals surface area contributed by atoms with Crippen LogP contribution in [0.15, 0.2) is 41.3 Å². The summed E-state index contributed by atoms with van der Waals surface area (Å²) in [5, 5.41) is 2.64. The number of morpholine rings is 1. The van der Waals surface area contributed by atoms with Crippen LogP contribution in [0.4, 0.5) is 15.8 Å². The minimum absolute atomic E-state index is 0.0109. The van der Waals surface area contributed by atoms with E-state index in [1.165, 1.54) is 18.1 Å². The van der Waals surface area contributed by atoms with Crippen molar-refractivity contribution in [2.45, 2.75) is 18.2 Å². The van der Waals surface area contributed by atoms with Crippen LogP contribution in [-0.4, -0.2) is 64.5 Å². The lowest BCUT2D eigenvalue weighted by atomic mass is 10.1. The summed E-state index contributed by atoms with van der Waals surface area (Å²) in [6, 6.07) is 8.86. The van der Waals surface area contributed by atoms with Gasteiger partial charge in [0.2, 0.25) is 21.8 Å². The van der Waals surface area contributed by atoms with Gasteiger partial charge in [-0.2, -0.15) is 4.31 Å². The number of halogens is 1. The molecule has 34 heavy (non-hydrogen) atoms. The van der Waals surface area contributed by atoms with Gasteiger partial charge in [0.25, 0.3) is 0 Å². The lowest BCUT2D eigenvalue weighted by Crippen LogP contribution is -2.40. The van der Waals surface area contributed by atoms with Gasteiger partial charge in [-0.05, 0) is 42.8 Å². The van der Waals surface area contributed by atoms with Gasteiger partial charge < -0.3 is 19.7 Å². The number of sulfonamides is 1. The zero-order chi connectivity index (χ0) is 24.5. The van der Waals surface area contributed by atoms with Crippen molar-refractivity contribution < 1.29 is 31.9 Å². The molecule has 2 fully saturated rings. The zero-order valence-corrected chi connectivity index (χ0v) is 19.7. The van der Waals surface area contributed by atoms with Crippen molar-refractivity contribution in [3.63, 3.8) is 0 Å². The zero-order valence-electron chi connectivity index (χ0n) is 18.9. The van der Waals surface area contributed by atoms with E-state index < -0.39 is 32.6 Å². The summed E-state index contributed by atoms with van der Waals surface area (Å²) in [7, 11) is -2.57. The Kier molecular flexibility index (Phi) is 6.87. The van der Waals surface area contributed by atoms with Crippen molar-refractivity contribution in [1.29, 1.82) is 0 Å². The third-order valence-electron chi connectivity index (χ3n) is 5.91. The normalized spacial score (nSPS) is 19.3. The molecule has 9 nitrogen and oxygen atoms in total. The van der Waals surface area contributed by atoms with Crippen LogP contribution in [0.25, 0.3) is 0 Å². The first kappa shape index (κ1) is 24.1. The van der Waals surface area contributed by atoms with E-state index in [-0.39, 0.29) is 50.9 Å². The van der Waals surface area contributed by atoms with E-state index in [9.17, 15) is 22.4 Å². The molecule has 2 aromatic rings. The number of carbonyl (C=O) groups is 2. The molecule has 4 rings (SSSR count). The molecule has 0 bridgehead atoms. The quantitative estimate of drug-likeness (QED) is 0.664. The maximum atomic E-state index is 14.4. The van der Waals surface area contributed by atoms with Crippen molar-refractivity contribution >= 4 is 33.2 Å². The predicted molar refractivity (Wildman–Crippen MR) is 123 cm³/mol. The van der Waals surface area contributed by atoms with Crippen LogP contribution in [0.1, 0.15) is 12.0 Å². The fourth-order valence-corrected chi connectivity index (χ4v) is 5.57. The lowest BCUT2D eigenvalue weighted by molar-refractivity contribution is -0.122. The summed E-state index contributed by atoms with van der Waals surface area (Å²) < 4.78 is 51.9. The third-order valence-corrected chi connectivity index (χ3v) is 7.82. The summed E-state index contributed by atoms with van der Waals surface area (Å²) in [6.07, 6.45) is -0.0109. The second-order valence-corrected chi connectivity index (χ2v) is 10.1. The lowest BCUT2D eigenvalue weighted by Gasteiger charge is -2.26. The smallest absolute Gasteiger partial charge is 0.246 e. The van der Waals surface area contributed by atoms with E-state index in [0.29, 0.717) is 11.4 Å². The second-order valence-electron chi connectivity index (χ2n) is 8.23. The number of hydrogen-bond acceptors (Lipinski definition) is 6. The molecule has 2 aromatic carbocycles. The van der Waals surface area contributed by atoms with Gasteiger partial charge >= 0.3 is 0 Å². The highest BCUT2D eigenvalue weighted by atomic mass is 32.2. The molecule has 0 aliphatic carbocycles. The maximum absolute atomic E-state index is 14.4. The minimum atomic E-state index is -4.08. The Morgan fingerprint density at radius 3 is 2.62 bits per heavy atom. The van der Waals surface area contributed by atoms with Gasteiger partial charge in [0.15, 0.2) is 0 Å². The second kappa shape index (κ2) is 9.69. The number of hydrogen-bond donors (Lipinski definition) is 1. The Labute approximate surface area is 197 Å². The molecule has 2 aliphatic rings. The highest BCUT2D eigenvalue weighted by Crippen LogP contribution is 2.34. The number of anilines is 2. The van der Waals surface area contributed by atoms with Crippen molar-refractivity contribution in [1.82, 2.24) is 4.31 Å². The van der Waals surface area contributed by atoms with Gasteiger partial charge in [-0.3, -0.25) is 9.59 Å². The fraction of sp³-hybridized carbons (Fsp3) is 0.391. The van der Waals surface area contributed by atoms with Gasteiger partial charge in [0.05, 0.1) is 31.9 Å². The van der Waals surface area contributed by atoms with E-state index in [1.807, 2.05) is 19.1 Å². The number of benzene rings is 2. The molecule has 1 N–H and O–H groups in total. The molecule has 0 saturated carbocycles. The maximum Gasteiger partial charge on any atom is 0.246 e. The van der Waals surface area contributed by atoms with Crippen LogP contribution in [-0.2, 0) is 24.3 Å². The number of nitrogens with zero attached hydrogens (tertiary/aromatic N) is 2.